The molecule has 0 radical (unpaired) electrons. The van der Waals surface area contributed by atoms with Gasteiger partial charge in [-0.15, -0.1) is 0 Å². The van der Waals surface area contributed by atoms with Crippen LogP contribution in [-0.2, 0) is 9.32 Å². The Morgan fingerprint density at radius 3 is 2.24 bits per heavy atom. The Balaban J connectivity index is 4.17. The van der Waals surface area contributed by atoms with Crippen LogP contribution < -0.4 is 5.48 Å². The number of nitrogens with one attached hydrogen (secondary N) is 1. The molecule has 1 N–H and O–H groups in total. The Hall–Kier alpha value is -0.396. The summed E-state index contributed by atoms with van der Waals surface area (Å²) in [6.07, 6.45) is 1.86. The molecule has 0 aromatic carbocycles. The molecule has 17 heavy (non-hydrogen) atoms. The zero-order valence-corrected chi connectivity index (χ0v) is 14.8. The molecule has 0 aliphatic rings. The van der Waals surface area contributed by atoms with Crippen molar-refractivity contribution < 1.29 is 9.32 Å². The van der Waals surface area contributed by atoms with Crippen molar-refractivity contribution >= 4 is 24.5 Å². The maximum Gasteiger partial charge on any atom is 0.269 e. The molecule has 0 aromatic rings. The predicted molar refractivity (Wildman–Crippen MR) is 79.5 cm³/mol. The van der Waals surface area contributed by atoms with Gasteiger partial charge in [-0.3, -0.25) is 4.79 Å². The largest absolute Gasteiger partial charge is 0.319 e. The van der Waals surface area contributed by atoms with E-state index < -0.39 is 8.32 Å². The van der Waals surface area contributed by atoms with Crippen molar-refractivity contribution in [1.29, 1.82) is 0 Å². The van der Waals surface area contributed by atoms with Gasteiger partial charge in [-0.05, 0) is 24.6 Å². The van der Waals surface area contributed by atoms with Crippen molar-refractivity contribution in [3.05, 3.63) is 12.2 Å². The van der Waals surface area contributed by atoms with Gasteiger partial charge in [-0.25, -0.2) is 5.48 Å². The number of hydroxylamine groups is 1. The van der Waals surface area contributed by atoms with E-state index in [1.54, 1.807) is 0 Å². The van der Waals surface area contributed by atoms with E-state index in [4.69, 9.17) is 4.53 Å². The smallest absolute Gasteiger partial charge is 0.269 e. The van der Waals surface area contributed by atoms with Crippen molar-refractivity contribution in [1.82, 2.24) is 5.48 Å². The van der Waals surface area contributed by atoms with E-state index in [1.807, 2.05) is 0 Å². The molecule has 0 saturated heterocycles. The highest BCUT2D eigenvalue weighted by atomic mass is 28.4. The molecule has 0 aliphatic heterocycles. The third kappa shape index (κ3) is 5.65. The third-order valence-corrected chi connectivity index (χ3v) is 8.55. The first-order valence-corrected chi connectivity index (χ1v) is 10.7. The van der Waals surface area contributed by atoms with Crippen LogP contribution in [0.3, 0.4) is 0 Å². The van der Waals surface area contributed by atoms with Crippen LogP contribution in [0.1, 0.15) is 33.6 Å². The van der Waals surface area contributed by atoms with Crippen molar-refractivity contribution in [2.24, 2.45) is 0 Å². The lowest BCUT2D eigenvalue weighted by molar-refractivity contribution is -0.124. The molecule has 0 saturated carbocycles. The van der Waals surface area contributed by atoms with Crippen LogP contribution in [0.15, 0.2) is 12.2 Å². The summed E-state index contributed by atoms with van der Waals surface area (Å²) < 4.78 is 5.73. The molecule has 0 atom stereocenters. The second-order valence-electron chi connectivity index (χ2n) is 4.48. The zero-order valence-electron chi connectivity index (χ0n) is 11.8. The quantitative estimate of drug-likeness (QED) is 0.397. The van der Waals surface area contributed by atoms with Gasteiger partial charge in [0.05, 0.1) is 0 Å². The molecular formula is C12H27NO2Si2. The molecular weight excluding hydrogens is 246 g/mol. The summed E-state index contributed by atoms with van der Waals surface area (Å²) in [7, 11) is -0.534. The van der Waals surface area contributed by atoms with Gasteiger partial charge in [0.1, 0.15) is 0 Å². The zero-order chi connectivity index (χ0) is 13.3. The van der Waals surface area contributed by atoms with E-state index in [0.29, 0.717) is 5.57 Å². The minimum atomic E-state index is -1.72. The maximum absolute atomic E-state index is 11.7. The van der Waals surface area contributed by atoms with Crippen LogP contribution in [0.5, 0.6) is 0 Å². The lowest BCUT2D eigenvalue weighted by Gasteiger charge is -2.27. The third-order valence-electron chi connectivity index (χ3n) is 3.45. The Bertz CT molecular complexity index is 245. The average molecular weight is 274 g/mol. The number of carbonyl (C=O) groups is 1. The molecule has 0 aliphatic carbocycles. The highest BCUT2D eigenvalue weighted by Gasteiger charge is 2.30. The van der Waals surface area contributed by atoms with E-state index >= 15 is 0 Å². The Morgan fingerprint density at radius 1 is 1.29 bits per heavy atom. The van der Waals surface area contributed by atoms with Gasteiger partial charge in [0.15, 0.2) is 0 Å². The Morgan fingerprint density at radius 2 is 1.82 bits per heavy atom. The molecule has 0 fully saturated rings. The predicted octanol–water partition coefficient (Wildman–Crippen LogP) is 2.16. The second-order valence-corrected chi connectivity index (χ2v) is 10.2. The lowest BCUT2D eigenvalue weighted by Crippen LogP contribution is -2.43. The van der Waals surface area contributed by atoms with E-state index in [0.717, 1.165) is 31.0 Å². The molecule has 0 aromatic heterocycles. The van der Waals surface area contributed by atoms with E-state index in [1.165, 1.54) is 16.3 Å². The van der Waals surface area contributed by atoms with E-state index in [-0.39, 0.29) is 5.91 Å². The SMILES string of the molecule is C=C(CCC[SiH3])C(=O)NO[Si](CC)(CC)CC. The number of amides is 1. The fraction of sp³-hybridized carbons (Fsp3) is 0.750. The molecule has 3 nitrogen and oxygen atoms in total. The summed E-state index contributed by atoms with van der Waals surface area (Å²) in [6.45, 7) is 10.2. The summed E-state index contributed by atoms with van der Waals surface area (Å²) >= 11 is 0. The first-order valence-electron chi connectivity index (χ1n) is 6.71. The standard InChI is InChI=1S/C12H27NO2Si2/c1-5-17(6-2,7-3)15-13-12(14)11(4)9-8-10-16/h4-10H2,1-3,16H3,(H,13,14). The van der Waals surface area contributed by atoms with Crippen LogP contribution in [-0.4, -0.2) is 24.5 Å². The van der Waals surface area contributed by atoms with Gasteiger partial charge in [0, 0.05) is 15.8 Å². The van der Waals surface area contributed by atoms with Crippen LogP contribution in [0.2, 0.25) is 24.2 Å². The number of hydrogen-bond acceptors (Lipinski definition) is 2. The molecule has 0 spiro atoms. The van der Waals surface area contributed by atoms with Crippen molar-refractivity contribution in [2.75, 3.05) is 0 Å². The summed E-state index contributed by atoms with van der Waals surface area (Å²) in [5.74, 6) is -0.132. The summed E-state index contributed by atoms with van der Waals surface area (Å²) in [6, 6.07) is 4.32. The highest BCUT2D eigenvalue weighted by molar-refractivity contribution is 6.73. The molecule has 1 amide bonds. The number of carbonyl (C=O) groups excluding carboxylic acids is 1. The van der Waals surface area contributed by atoms with Crippen LogP contribution in [0.4, 0.5) is 0 Å². The minimum Gasteiger partial charge on any atom is -0.319 e. The van der Waals surface area contributed by atoms with Crippen LogP contribution >= 0.6 is 0 Å². The average Bonchev–Trinajstić information content (AvgIpc) is 2.37. The van der Waals surface area contributed by atoms with Gasteiger partial charge in [0.2, 0.25) is 8.32 Å². The fourth-order valence-electron chi connectivity index (χ4n) is 1.70. The topological polar surface area (TPSA) is 38.3 Å². The fourth-order valence-corrected chi connectivity index (χ4v) is 4.29. The van der Waals surface area contributed by atoms with Gasteiger partial charge >= 0.3 is 0 Å². The highest BCUT2D eigenvalue weighted by Crippen LogP contribution is 2.20. The summed E-state index contributed by atoms with van der Waals surface area (Å²) in [5.41, 5.74) is 3.27. The van der Waals surface area contributed by atoms with Crippen molar-refractivity contribution in [3.8, 4) is 0 Å². The first kappa shape index (κ1) is 16.6. The Labute approximate surface area is 110 Å². The molecule has 100 valence electrons. The van der Waals surface area contributed by atoms with Gasteiger partial charge in [-0.1, -0.05) is 39.8 Å². The summed E-state index contributed by atoms with van der Waals surface area (Å²) in [5, 5.41) is 0. The van der Waals surface area contributed by atoms with Crippen LogP contribution in [0, 0.1) is 0 Å². The normalized spacial score (nSPS) is 11.5. The molecule has 0 rings (SSSR count). The second kappa shape index (κ2) is 8.66. The lowest BCUT2D eigenvalue weighted by atomic mass is 10.2. The monoisotopic (exact) mass is 273 g/mol. The van der Waals surface area contributed by atoms with Gasteiger partial charge in [-0.2, -0.15) is 0 Å². The van der Waals surface area contributed by atoms with Crippen molar-refractivity contribution in [2.45, 2.75) is 57.8 Å². The molecule has 5 heteroatoms. The summed E-state index contributed by atoms with van der Waals surface area (Å²) in [4.78, 5) is 11.7. The first-order chi connectivity index (χ1) is 8.05. The maximum atomic E-state index is 11.7. The Kier molecular flexibility index (Phi) is 8.46. The van der Waals surface area contributed by atoms with Gasteiger partial charge < -0.3 is 4.53 Å². The number of hydrogen-bond donors (Lipinski definition) is 1. The number of rotatable bonds is 9. The minimum absolute atomic E-state index is 0.132. The van der Waals surface area contributed by atoms with Crippen LogP contribution in [0.25, 0.3) is 0 Å². The van der Waals surface area contributed by atoms with E-state index in [9.17, 15) is 4.79 Å². The molecule has 0 bridgehead atoms. The van der Waals surface area contributed by atoms with Crippen molar-refractivity contribution in [3.63, 3.8) is 0 Å². The van der Waals surface area contributed by atoms with E-state index in [2.05, 4.69) is 32.8 Å². The molecule has 0 unspecified atom stereocenters. The van der Waals surface area contributed by atoms with Gasteiger partial charge in [0.25, 0.3) is 5.91 Å². The molecule has 0 heterocycles.